The van der Waals surface area contributed by atoms with Gasteiger partial charge in [0.15, 0.2) is 0 Å². The molecule has 1 fully saturated rings. The minimum atomic E-state index is 0.373. The van der Waals surface area contributed by atoms with Crippen LogP contribution in [0.15, 0.2) is 0 Å². The summed E-state index contributed by atoms with van der Waals surface area (Å²) < 4.78 is 0. The number of hydrogen-bond donors (Lipinski definition) is 2. The molecule has 0 saturated carbocycles. The van der Waals surface area contributed by atoms with Crippen LogP contribution in [0.25, 0.3) is 0 Å². The predicted octanol–water partition coefficient (Wildman–Crippen LogP) is 5.83. The number of aliphatic hydroxyl groups excluding tert-OH is 1. The van der Waals surface area contributed by atoms with E-state index >= 15 is 0 Å². The van der Waals surface area contributed by atoms with E-state index in [0.717, 1.165) is 6.42 Å². The Morgan fingerprint density at radius 1 is 0.545 bits per heavy atom. The number of rotatable bonds is 16. The van der Waals surface area contributed by atoms with Crippen LogP contribution >= 0.6 is 0 Å². The minimum absolute atomic E-state index is 0.373. The Balaban J connectivity index is 0.00000129. The third-order valence-electron chi connectivity index (χ3n) is 4.26. The molecule has 1 aliphatic heterocycles. The number of hydrogen-bond acceptors (Lipinski definition) is 2. The smallest absolute Gasteiger partial charge is 0.0431 e. The van der Waals surface area contributed by atoms with Gasteiger partial charge in [0, 0.05) is 19.7 Å². The Hall–Kier alpha value is -0.0800. The van der Waals surface area contributed by atoms with Gasteiger partial charge in [-0.15, -0.1) is 0 Å². The topological polar surface area (TPSA) is 42.2 Å². The van der Waals surface area contributed by atoms with Crippen LogP contribution in [-0.2, 0) is 0 Å². The van der Waals surface area contributed by atoms with Crippen LogP contribution in [0.3, 0.4) is 0 Å². The Bertz CT molecular complexity index is 164. The van der Waals surface area contributed by atoms with Gasteiger partial charge in [-0.25, -0.2) is 0 Å². The van der Waals surface area contributed by atoms with Gasteiger partial charge in [-0.1, -0.05) is 103 Å². The lowest BCUT2D eigenvalue weighted by atomic mass is 10.0. The van der Waals surface area contributed by atoms with Crippen LogP contribution in [0.1, 0.15) is 110 Å². The number of nitrogens with one attached hydrogen (secondary N) is 1. The molecule has 22 heavy (non-hydrogen) atoms. The van der Waals surface area contributed by atoms with Crippen LogP contribution in [0, 0.1) is 0 Å². The van der Waals surface area contributed by atoms with Crippen LogP contribution < -0.4 is 5.32 Å². The standard InChI is InChI=1S/C18H38O.C2H5N/c1-2-3-4-5-6-7-8-9-10-11-12-13-14-15-16-17-18-19;1-2-3-1/h19H,2-18H2,1H3;3H,1-2H2. The van der Waals surface area contributed by atoms with E-state index in [4.69, 9.17) is 5.11 Å². The molecule has 1 aliphatic rings. The maximum Gasteiger partial charge on any atom is 0.0431 e. The summed E-state index contributed by atoms with van der Waals surface area (Å²) in [7, 11) is 0. The molecule has 0 aliphatic carbocycles. The van der Waals surface area contributed by atoms with Crippen molar-refractivity contribution in [2.45, 2.75) is 110 Å². The Kier molecular flexibility index (Phi) is 20.8. The Morgan fingerprint density at radius 3 is 1.05 bits per heavy atom. The van der Waals surface area contributed by atoms with Crippen LogP contribution in [0.2, 0.25) is 0 Å². The van der Waals surface area contributed by atoms with Crippen molar-refractivity contribution in [3.63, 3.8) is 0 Å². The molecule has 0 atom stereocenters. The van der Waals surface area contributed by atoms with Crippen molar-refractivity contribution in [3.05, 3.63) is 0 Å². The average molecular weight is 314 g/mol. The molecule has 0 aromatic carbocycles. The van der Waals surface area contributed by atoms with E-state index < -0.39 is 0 Å². The zero-order valence-corrected chi connectivity index (χ0v) is 15.4. The highest BCUT2D eigenvalue weighted by molar-refractivity contribution is 4.58. The lowest BCUT2D eigenvalue weighted by molar-refractivity contribution is 0.282. The molecule has 0 amide bonds. The first-order valence-electron chi connectivity index (χ1n) is 10.2. The molecule has 2 N–H and O–H groups in total. The van der Waals surface area contributed by atoms with E-state index in [1.165, 1.54) is 109 Å². The van der Waals surface area contributed by atoms with Gasteiger partial charge in [-0.05, 0) is 6.42 Å². The van der Waals surface area contributed by atoms with Gasteiger partial charge in [0.25, 0.3) is 0 Å². The quantitative estimate of drug-likeness (QED) is 0.278. The van der Waals surface area contributed by atoms with E-state index in [2.05, 4.69) is 12.2 Å². The van der Waals surface area contributed by atoms with Gasteiger partial charge in [0.2, 0.25) is 0 Å². The average Bonchev–Trinajstić information content (AvgIpc) is 3.40. The fourth-order valence-electron chi connectivity index (χ4n) is 2.66. The molecule has 1 heterocycles. The molecule has 0 aromatic heterocycles. The Labute approximate surface area is 140 Å². The summed E-state index contributed by atoms with van der Waals surface area (Å²) in [4.78, 5) is 0. The lowest BCUT2D eigenvalue weighted by Gasteiger charge is -2.03. The largest absolute Gasteiger partial charge is 0.396 e. The molecule has 2 nitrogen and oxygen atoms in total. The third-order valence-corrected chi connectivity index (χ3v) is 4.26. The van der Waals surface area contributed by atoms with Crippen molar-refractivity contribution in [2.75, 3.05) is 19.7 Å². The first-order chi connectivity index (χ1) is 10.9. The molecule has 0 spiro atoms. The second-order valence-electron chi connectivity index (χ2n) is 6.78. The summed E-state index contributed by atoms with van der Waals surface area (Å²) >= 11 is 0. The van der Waals surface area contributed by atoms with E-state index in [1.807, 2.05) is 0 Å². The number of unbranched alkanes of at least 4 members (excludes halogenated alkanes) is 15. The summed E-state index contributed by atoms with van der Waals surface area (Å²) in [6.07, 6.45) is 22.2. The maximum atomic E-state index is 8.67. The van der Waals surface area contributed by atoms with Gasteiger partial charge in [0.05, 0.1) is 0 Å². The van der Waals surface area contributed by atoms with Gasteiger partial charge >= 0.3 is 0 Å². The van der Waals surface area contributed by atoms with E-state index in [-0.39, 0.29) is 0 Å². The van der Waals surface area contributed by atoms with Crippen LogP contribution in [0.5, 0.6) is 0 Å². The van der Waals surface area contributed by atoms with Crippen molar-refractivity contribution >= 4 is 0 Å². The third kappa shape index (κ3) is 24.9. The molecule has 1 rings (SSSR count). The SMILES string of the molecule is C1CN1.CCCCCCCCCCCCCCCCCCO. The summed E-state index contributed by atoms with van der Waals surface area (Å²) in [6, 6.07) is 0. The first-order valence-corrected chi connectivity index (χ1v) is 10.2. The molecule has 0 aromatic rings. The van der Waals surface area contributed by atoms with E-state index in [0.29, 0.717) is 6.61 Å². The fourth-order valence-corrected chi connectivity index (χ4v) is 2.66. The predicted molar refractivity (Wildman–Crippen MR) is 99.5 cm³/mol. The molecule has 1 saturated heterocycles. The minimum Gasteiger partial charge on any atom is -0.396 e. The second-order valence-corrected chi connectivity index (χ2v) is 6.78. The summed E-state index contributed by atoms with van der Waals surface area (Å²) in [5.41, 5.74) is 0. The molecule has 134 valence electrons. The molecule has 0 bridgehead atoms. The van der Waals surface area contributed by atoms with Gasteiger partial charge < -0.3 is 10.4 Å². The van der Waals surface area contributed by atoms with Crippen LogP contribution in [0.4, 0.5) is 0 Å². The fraction of sp³-hybridized carbons (Fsp3) is 1.00. The van der Waals surface area contributed by atoms with Gasteiger partial charge in [-0.3, -0.25) is 0 Å². The zero-order valence-electron chi connectivity index (χ0n) is 15.4. The maximum absolute atomic E-state index is 8.67. The lowest BCUT2D eigenvalue weighted by Crippen LogP contribution is -1.85. The van der Waals surface area contributed by atoms with Crippen molar-refractivity contribution in [1.82, 2.24) is 5.32 Å². The molecule has 0 radical (unpaired) electrons. The summed E-state index contributed by atoms with van der Waals surface area (Å²) in [5, 5.41) is 11.7. The summed E-state index contributed by atoms with van der Waals surface area (Å²) in [5.74, 6) is 0. The highest BCUT2D eigenvalue weighted by Crippen LogP contribution is 2.13. The second kappa shape index (κ2) is 20.9. The van der Waals surface area contributed by atoms with Crippen molar-refractivity contribution in [1.29, 1.82) is 0 Å². The van der Waals surface area contributed by atoms with Crippen molar-refractivity contribution in [3.8, 4) is 0 Å². The molecular formula is C20H43NO. The number of aliphatic hydroxyl groups is 1. The molecule has 2 heteroatoms. The van der Waals surface area contributed by atoms with Gasteiger partial charge in [-0.2, -0.15) is 0 Å². The monoisotopic (exact) mass is 313 g/mol. The van der Waals surface area contributed by atoms with Crippen LogP contribution in [-0.4, -0.2) is 24.8 Å². The van der Waals surface area contributed by atoms with Gasteiger partial charge in [0.1, 0.15) is 0 Å². The highest BCUT2D eigenvalue weighted by Gasteiger charge is 1.94. The normalized spacial score (nSPS) is 12.8. The summed E-state index contributed by atoms with van der Waals surface area (Å²) in [6.45, 7) is 5.16. The van der Waals surface area contributed by atoms with Crippen molar-refractivity contribution in [2.24, 2.45) is 0 Å². The highest BCUT2D eigenvalue weighted by atomic mass is 16.2. The molecule has 0 unspecified atom stereocenters. The van der Waals surface area contributed by atoms with E-state index in [1.54, 1.807) is 0 Å². The van der Waals surface area contributed by atoms with Crippen molar-refractivity contribution < 1.29 is 5.11 Å². The Morgan fingerprint density at radius 2 is 0.818 bits per heavy atom. The molecular weight excluding hydrogens is 270 g/mol. The zero-order chi connectivity index (χ0) is 16.1. The van der Waals surface area contributed by atoms with E-state index in [9.17, 15) is 0 Å². The first kappa shape index (κ1) is 21.9.